The molecule has 0 fully saturated rings. The van der Waals surface area contributed by atoms with Gasteiger partial charge in [-0.25, -0.2) is 0 Å². The highest BCUT2D eigenvalue weighted by molar-refractivity contribution is 6.04. The molecule has 0 aliphatic carbocycles. The number of carbonyl (C=O) groups excluding carboxylic acids is 1. The monoisotopic (exact) mass is 283 g/mol. The molecule has 0 unspecified atom stereocenters. The maximum Gasteiger partial charge on any atom is 0.255 e. The summed E-state index contributed by atoms with van der Waals surface area (Å²) in [5.74, 6) is 0.304. The van der Waals surface area contributed by atoms with Gasteiger partial charge >= 0.3 is 0 Å². The van der Waals surface area contributed by atoms with Crippen LogP contribution in [0, 0.1) is 0 Å². The van der Waals surface area contributed by atoms with E-state index in [9.17, 15) is 9.90 Å². The van der Waals surface area contributed by atoms with Crippen molar-refractivity contribution in [1.82, 2.24) is 0 Å². The van der Waals surface area contributed by atoms with E-state index in [0.717, 1.165) is 5.56 Å². The van der Waals surface area contributed by atoms with Gasteiger partial charge in [-0.1, -0.05) is 38.1 Å². The highest BCUT2D eigenvalue weighted by Crippen LogP contribution is 2.19. The molecule has 0 spiro atoms. The average molecular weight is 283 g/mol. The molecule has 0 heterocycles. The van der Waals surface area contributed by atoms with E-state index in [2.05, 4.69) is 19.2 Å². The van der Waals surface area contributed by atoms with Crippen molar-refractivity contribution in [2.24, 2.45) is 0 Å². The Morgan fingerprint density at radius 1 is 1.00 bits per heavy atom. The molecule has 3 nitrogen and oxygen atoms in total. The smallest absolute Gasteiger partial charge is 0.255 e. The fourth-order valence-electron chi connectivity index (χ4n) is 2.10. The van der Waals surface area contributed by atoms with Gasteiger partial charge in [0.2, 0.25) is 0 Å². The number of nitrogens with one attached hydrogen (secondary N) is 1. The van der Waals surface area contributed by atoms with Crippen LogP contribution in [0.3, 0.4) is 0 Å². The Bertz CT molecular complexity index is 615. The second-order valence-electron chi connectivity index (χ2n) is 5.53. The molecule has 3 heteroatoms. The third kappa shape index (κ3) is 3.92. The fourth-order valence-corrected chi connectivity index (χ4v) is 2.10. The lowest BCUT2D eigenvalue weighted by atomic mass is 10.0. The summed E-state index contributed by atoms with van der Waals surface area (Å²) in [5, 5.41) is 12.4. The van der Waals surface area contributed by atoms with E-state index >= 15 is 0 Å². The van der Waals surface area contributed by atoms with Crippen LogP contribution in [0.25, 0.3) is 0 Å². The van der Waals surface area contributed by atoms with E-state index < -0.39 is 6.10 Å². The van der Waals surface area contributed by atoms with Crippen LogP contribution in [0.2, 0.25) is 0 Å². The van der Waals surface area contributed by atoms with Crippen molar-refractivity contribution in [3.63, 3.8) is 0 Å². The van der Waals surface area contributed by atoms with Crippen molar-refractivity contribution < 1.29 is 9.90 Å². The largest absolute Gasteiger partial charge is 0.389 e. The normalized spacial score (nSPS) is 12.2. The first-order valence-corrected chi connectivity index (χ1v) is 7.16. The molecule has 0 aliphatic heterocycles. The molecule has 0 aliphatic rings. The summed E-state index contributed by atoms with van der Waals surface area (Å²) in [6.45, 7) is 5.94. The Hall–Kier alpha value is -2.13. The maximum atomic E-state index is 12.2. The van der Waals surface area contributed by atoms with Gasteiger partial charge < -0.3 is 10.4 Å². The van der Waals surface area contributed by atoms with Crippen LogP contribution in [-0.4, -0.2) is 11.0 Å². The van der Waals surface area contributed by atoms with Crippen molar-refractivity contribution in [2.75, 3.05) is 5.32 Å². The van der Waals surface area contributed by atoms with Crippen LogP contribution >= 0.6 is 0 Å². The van der Waals surface area contributed by atoms with Gasteiger partial charge in [0.05, 0.1) is 6.10 Å². The number of amides is 1. The summed E-state index contributed by atoms with van der Waals surface area (Å²) in [6.07, 6.45) is -0.549. The molecule has 110 valence electrons. The first-order chi connectivity index (χ1) is 9.97. The molecule has 0 radical (unpaired) electrons. The molecule has 0 saturated heterocycles. The number of benzene rings is 2. The molecule has 1 amide bonds. The summed E-state index contributed by atoms with van der Waals surface area (Å²) < 4.78 is 0. The Labute approximate surface area is 125 Å². The summed E-state index contributed by atoms with van der Waals surface area (Å²) >= 11 is 0. The minimum absolute atomic E-state index is 0.145. The average Bonchev–Trinajstić information content (AvgIpc) is 2.47. The van der Waals surface area contributed by atoms with Crippen molar-refractivity contribution in [3.8, 4) is 0 Å². The van der Waals surface area contributed by atoms with Crippen molar-refractivity contribution in [3.05, 3.63) is 65.2 Å². The molecular weight excluding hydrogens is 262 g/mol. The highest BCUT2D eigenvalue weighted by atomic mass is 16.3. The van der Waals surface area contributed by atoms with E-state index in [1.807, 2.05) is 42.5 Å². The minimum atomic E-state index is -0.549. The minimum Gasteiger partial charge on any atom is -0.389 e. The molecule has 2 aromatic rings. The van der Waals surface area contributed by atoms with Crippen LogP contribution in [0.1, 0.15) is 54.3 Å². The summed E-state index contributed by atoms with van der Waals surface area (Å²) in [5.41, 5.74) is 3.30. The number of carbonyl (C=O) groups is 1. The molecule has 1 atom stereocenters. The first kappa shape index (κ1) is 15.3. The zero-order chi connectivity index (χ0) is 15.4. The predicted molar refractivity (Wildman–Crippen MR) is 85.6 cm³/mol. The SMILES string of the molecule is CC(C)c1ccc(C(=O)Nc2cccc([C@@H](C)O)c2)cc1. The molecule has 21 heavy (non-hydrogen) atoms. The van der Waals surface area contributed by atoms with Crippen LogP contribution < -0.4 is 5.32 Å². The van der Waals surface area contributed by atoms with Crippen LogP contribution in [-0.2, 0) is 0 Å². The number of hydrogen-bond acceptors (Lipinski definition) is 2. The lowest BCUT2D eigenvalue weighted by molar-refractivity contribution is 0.102. The lowest BCUT2D eigenvalue weighted by Gasteiger charge is -2.10. The fraction of sp³-hybridized carbons (Fsp3) is 0.278. The zero-order valence-electron chi connectivity index (χ0n) is 12.6. The topological polar surface area (TPSA) is 49.3 Å². The third-order valence-corrected chi connectivity index (χ3v) is 3.47. The molecule has 2 rings (SSSR count). The van der Waals surface area contributed by atoms with Crippen LogP contribution in [0.4, 0.5) is 5.69 Å². The molecule has 0 aromatic heterocycles. The second-order valence-corrected chi connectivity index (χ2v) is 5.53. The summed E-state index contributed by atoms with van der Waals surface area (Å²) in [4.78, 5) is 12.2. The van der Waals surface area contributed by atoms with Crippen molar-refractivity contribution >= 4 is 11.6 Å². The first-order valence-electron chi connectivity index (χ1n) is 7.16. The Balaban J connectivity index is 2.12. The van der Waals surface area contributed by atoms with Gasteiger partial charge in [0, 0.05) is 11.3 Å². The van der Waals surface area contributed by atoms with Gasteiger partial charge in [0.1, 0.15) is 0 Å². The Kier molecular flexibility index (Phi) is 4.76. The molecule has 2 N–H and O–H groups in total. The second kappa shape index (κ2) is 6.55. The standard InChI is InChI=1S/C18H21NO2/c1-12(2)14-7-9-15(10-8-14)18(21)19-17-6-4-5-16(11-17)13(3)20/h4-13,20H,1-3H3,(H,19,21)/t13-/m1/s1. The molecule has 0 bridgehead atoms. The zero-order valence-corrected chi connectivity index (χ0v) is 12.6. The Morgan fingerprint density at radius 3 is 2.24 bits per heavy atom. The van der Waals surface area contributed by atoms with Crippen molar-refractivity contribution in [1.29, 1.82) is 0 Å². The van der Waals surface area contributed by atoms with E-state index in [0.29, 0.717) is 17.2 Å². The molecule has 0 saturated carbocycles. The number of hydrogen-bond donors (Lipinski definition) is 2. The summed E-state index contributed by atoms with van der Waals surface area (Å²) in [6, 6.07) is 14.9. The van der Waals surface area contributed by atoms with E-state index in [1.54, 1.807) is 13.0 Å². The van der Waals surface area contributed by atoms with Gasteiger partial charge in [-0.05, 0) is 48.2 Å². The highest BCUT2D eigenvalue weighted by Gasteiger charge is 2.08. The predicted octanol–water partition coefficient (Wildman–Crippen LogP) is 4.12. The Morgan fingerprint density at radius 2 is 1.67 bits per heavy atom. The third-order valence-electron chi connectivity index (χ3n) is 3.47. The van der Waals surface area contributed by atoms with Crippen LogP contribution in [0.5, 0.6) is 0 Å². The van der Waals surface area contributed by atoms with Crippen LogP contribution in [0.15, 0.2) is 48.5 Å². The van der Waals surface area contributed by atoms with E-state index in [1.165, 1.54) is 5.56 Å². The number of aliphatic hydroxyl groups is 1. The number of anilines is 1. The van der Waals surface area contributed by atoms with Gasteiger partial charge in [0.15, 0.2) is 0 Å². The summed E-state index contributed by atoms with van der Waals surface area (Å²) in [7, 11) is 0. The van der Waals surface area contributed by atoms with Crippen molar-refractivity contribution in [2.45, 2.75) is 32.8 Å². The van der Waals surface area contributed by atoms with E-state index in [-0.39, 0.29) is 5.91 Å². The maximum absolute atomic E-state index is 12.2. The molecule has 2 aromatic carbocycles. The van der Waals surface area contributed by atoms with E-state index in [4.69, 9.17) is 0 Å². The van der Waals surface area contributed by atoms with Gasteiger partial charge in [-0.15, -0.1) is 0 Å². The number of aliphatic hydroxyl groups excluding tert-OH is 1. The molecular formula is C18H21NO2. The van der Waals surface area contributed by atoms with Gasteiger partial charge in [0.25, 0.3) is 5.91 Å². The van der Waals surface area contributed by atoms with Gasteiger partial charge in [-0.3, -0.25) is 4.79 Å². The number of rotatable bonds is 4. The quantitative estimate of drug-likeness (QED) is 0.887. The lowest BCUT2D eigenvalue weighted by Crippen LogP contribution is -2.12. The van der Waals surface area contributed by atoms with Gasteiger partial charge in [-0.2, -0.15) is 0 Å².